The van der Waals surface area contributed by atoms with Crippen LogP contribution in [0.25, 0.3) is 11.2 Å². The van der Waals surface area contributed by atoms with Gasteiger partial charge in [0.15, 0.2) is 15.9 Å². The maximum Gasteiger partial charge on any atom is 0.280 e. The first-order chi connectivity index (χ1) is 6.54. The topological polar surface area (TPSA) is 44.8 Å². The molecule has 2 aromatic heterocycles. The number of hydrogen-bond acceptors (Lipinski definition) is 3. The molecule has 0 aliphatic rings. The van der Waals surface area contributed by atoms with Crippen LogP contribution in [0, 0.1) is 4.77 Å². The van der Waals surface area contributed by atoms with Crippen molar-refractivity contribution in [2.24, 2.45) is 21.1 Å². The molecule has 0 aliphatic carbocycles. The van der Waals surface area contributed by atoms with Gasteiger partial charge in [-0.1, -0.05) is 0 Å². The Balaban J connectivity index is 3.22. The highest BCUT2D eigenvalue weighted by Crippen LogP contribution is 2.05. The third-order valence-corrected chi connectivity index (χ3v) is 2.86. The molecule has 0 fully saturated rings. The molecule has 2 aromatic rings. The smallest absolute Gasteiger partial charge is 0.280 e. The third-order valence-electron chi connectivity index (χ3n) is 2.32. The van der Waals surface area contributed by atoms with E-state index >= 15 is 0 Å². The highest BCUT2D eigenvalue weighted by atomic mass is 32.1. The molecule has 0 spiro atoms. The van der Waals surface area contributed by atoms with Crippen molar-refractivity contribution in [1.82, 2.24) is 18.7 Å². The van der Waals surface area contributed by atoms with E-state index in [2.05, 4.69) is 4.98 Å². The standard InChI is InChI=1S/C8H10N4OS/c1-10-4-9-6-5(10)7(13)12(3)8(14)11(6)2/h4H,1-3H3. The fraction of sp³-hybridized carbons (Fsp3) is 0.375. The lowest BCUT2D eigenvalue weighted by molar-refractivity contribution is 0.737. The average Bonchev–Trinajstić information content (AvgIpc) is 2.54. The van der Waals surface area contributed by atoms with Crippen LogP contribution in [0.5, 0.6) is 0 Å². The number of hydrogen-bond donors (Lipinski definition) is 0. The van der Waals surface area contributed by atoms with E-state index in [1.807, 2.05) is 0 Å². The van der Waals surface area contributed by atoms with Gasteiger partial charge >= 0.3 is 0 Å². The van der Waals surface area contributed by atoms with E-state index < -0.39 is 0 Å². The molecule has 2 rings (SSSR count). The molecule has 0 aliphatic heterocycles. The fourth-order valence-electron chi connectivity index (χ4n) is 1.47. The summed E-state index contributed by atoms with van der Waals surface area (Å²) < 4.78 is 5.35. The molecular formula is C8H10N4OS. The van der Waals surface area contributed by atoms with Crippen LogP contribution < -0.4 is 5.56 Å². The van der Waals surface area contributed by atoms with E-state index in [0.717, 1.165) is 0 Å². The van der Waals surface area contributed by atoms with Crippen LogP contribution in [0.3, 0.4) is 0 Å². The second kappa shape index (κ2) is 2.78. The summed E-state index contributed by atoms with van der Waals surface area (Å²) >= 11 is 5.10. The number of rotatable bonds is 0. The normalized spacial score (nSPS) is 11.1. The summed E-state index contributed by atoms with van der Waals surface area (Å²) in [6.45, 7) is 0. The maximum absolute atomic E-state index is 11.8. The van der Waals surface area contributed by atoms with Crippen molar-refractivity contribution in [3.63, 3.8) is 0 Å². The molecular weight excluding hydrogens is 200 g/mol. The number of aromatic nitrogens is 4. The van der Waals surface area contributed by atoms with Gasteiger partial charge in [0.2, 0.25) is 0 Å². The van der Waals surface area contributed by atoms with Crippen LogP contribution in [-0.2, 0) is 21.1 Å². The van der Waals surface area contributed by atoms with Gasteiger partial charge in [-0.25, -0.2) is 4.98 Å². The first kappa shape index (κ1) is 9.14. The first-order valence-electron chi connectivity index (χ1n) is 4.11. The zero-order valence-corrected chi connectivity index (χ0v) is 9.00. The fourth-order valence-corrected chi connectivity index (χ4v) is 1.64. The minimum absolute atomic E-state index is 0.108. The van der Waals surface area contributed by atoms with E-state index in [-0.39, 0.29) is 5.56 Å². The van der Waals surface area contributed by atoms with E-state index in [9.17, 15) is 4.79 Å². The van der Waals surface area contributed by atoms with Gasteiger partial charge in [-0.2, -0.15) is 0 Å². The molecule has 0 aromatic carbocycles. The van der Waals surface area contributed by atoms with E-state index in [1.54, 1.807) is 36.6 Å². The number of fused-ring (bicyclic) bond motifs is 1. The van der Waals surface area contributed by atoms with Gasteiger partial charge in [-0.15, -0.1) is 0 Å². The molecule has 0 radical (unpaired) electrons. The summed E-state index contributed by atoms with van der Waals surface area (Å²) in [6.07, 6.45) is 1.61. The predicted molar refractivity (Wildman–Crippen MR) is 55.8 cm³/mol. The molecule has 0 unspecified atom stereocenters. The molecule has 2 heterocycles. The molecule has 0 bridgehead atoms. The third kappa shape index (κ3) is 0.971. The van der Waals surface area contributed by atoms with Crippen LogP contribution in [0.15, 0.2) is 11.1 Å². The Kier molecular flexibility index (Phi) is 1.81. The van der Waals surface area contributed by atoms with Crippen molar-refractivity contribution >= 4 is 23.4 Å². The van der Waals surface area contributed by atoms with E-state index in [1.165, 1.54) is 4.57 Å². The largest absolute Gasteiger partial charge is 0.328 e. The number of aryl methyl sites for hydroxylation is 2. The summed E-state index contributed by atoms with van der Waals surface area (Å²) in [7, 11) is 5.26. The Hall–Kier alpha value is -1.43. The predicted octanol–water partition coefficient (Wildman–Crippen LogP) is 0.340. The Morgan fingerprint density at radius 2 is 1.93 bits per heavy atom. The van der Waals surface area contributed by atoms with Crippen molar-refractivity contribution in [2.75, 3.05) is 0 Å². The molecule has 5 nitrogen and oxygen atoms in total. The molecule has 14 heavy (non-hydrogen) atoms. The summed E-state index contributed by atoms with van der Waals surface area (Å²) in [5, 5.41) is 0. The zero-order valence-electron chi connectivity index (χ0n) is 8.18. The summed E-state index contributed by atoms with van der Waals surface area (Å²) in [5.41, 5.74) is 1.09. The Labute approximate surface area is 85.2 Å². The lowest BCUT2D eigenvalue weighted by atomic mass is 10.5. The van der Waals surface area contributed by atoms with Gasteiger partial charge in [0, 0.05) is 21.1 Å². The second-order valence-electron chi connectivity index (χ2n) is 3.23. The minimum atomic E-state index is -0.108. The summed E-state index contributed by atoms with van der Waals surface area (Å²) in [4.78, 5) is 15.9. The average molecular weight is 210 g/mol. The van der Waals surface area contributed by atoms with Crippen molar-refractivity contribution in [2.45, 2.75) is 0 Å². The Morgan fingerprint density at radius 3 is 2.57 bits per heavy atom. The van der Waals surface area contributed by atoms with Crippen LogP contribution >= 0.6 is 12.2 Å². The van der Waals surface area contributed by atoms with Crippen LogP contribution in [0.1, 0.15) is 0 Å². The number of imidazole rings is 1. The Morgan fingerprint density at radius 1 is 1.29 bits per heavy atom. The van der Waals surface area contributed by atoms with Gasteiger partial charge in [-0.3, -0.25) is 9.36 Å². The summed E-state index contributed by atoms with van der Waals surface area (Å²) in [5.74, 6) is 0. The molecule has 6 heteroatoms. The molecule has 0 atom stereocenters. The van der Waals surface area contributed by atoms with Gasteiger partial charge in [0.05, 0.1) is 6.33 Å². The quantitative estimate of drug-likeness (QED) is 0.589. The Bertz CT molecular complexity index is 619. The summed E-state index contributed by atoms with van der Waals surface area (Å²) in [6, 6.07) is 0. The van der Waals surface area contributed by atoms with Crippen molar-refractivity contribution in [3.05, 3.63) is 21.5 Å². The van der Waals surface area contributed by atoms with Crippen molar-refractivity contribution < 1.29 is 0 Å². The SMILES string of the molecule is Cn1c(=O)c2c(ncn2C)n(C)c1=S. The second-order valence-corrected chi connectivity index (χ2v) is 3.60. The van der Waals surface area contributed by atoms with Crippen LogP contribution in [0.4, 0.5) is 0 Å². The van der Waals surface area contributed by atoms with Gasteiger partial charge in [-0.05, 0) is 12.2 Å². The monoisotopic (exact) mass is 210 g/mol. The maximum atomic E-state index is 11.8. The lowest BCUT2D eigenvalue weighted by Gasteiger charge is -2.05. The van der Waals surface area contributed by atoms with Crippen molar-refractivity contribution in [3.8, 4) is 0 Å². The van der Waals surface area contributed by atoms with Crippen LogP contribution in [-0.4, -0.2) is 18.7 Å². The van der Waals surface area contributed by atoms with Gasteiger partial charge < -0.3 is 9.13 Å². The molecule has 74 valence electrons. The number of nitrogens with zero attached hydrogens (tertiary/aromatic N) is 4. The first-order valence-corrected chi connectivity index (χ1v) is 4.52. The van der Waals surface area contributed by atoms with E-state index in [0.29, 0.717) is 15.9 Å². The molecule has 0 N–H and O–H groups in total. The molecule has 0 saturated carbocycles. The van der Waals surface area contributed by atoms with E-state index in [4.69, 9.17) is 12.2 Å². The minimum Gasteiger partial charge on any atom is -0.328 e. The van der Waals surface area contributed by atoms with Crippen LogP contribution in [0.2, 0.25) is 0 Å². The lowest BCUT2D eigenvalue weighted by Crippen LogP contribution is -2.23. The highest BCUT2D eigenvalue weighted by Gasteiger charge is 2.09. The molecule has 0 saturated heterocycles. The highest BCUT2D eigenvalue weighted by molar-refractivity contribution is 7.71. The molecule has 0 amide bonds. The van der Waals surface area contributed by atoms with Gasteiger partial charge in [0.25, 0.3) is 5.56 Å². The van der Waals surface area contributed by atoms with Gasteiger partial charge in [0.1, 0.15) is 0 Å². The zero-order chi connectivity index (χ0) is 10.5. The van der Waals surface area contributed by atoms with Crippen molar-refractivity contribution in [1.29, 1.82) is 0 Å².